The van der Waals surface area contributed by atoms with E-state index in [0.717, 1.165) is 95.5 Å². The number of benzene rings is 14. The van der Waals surface area contributed by atoms with E-state index in [2.05, 4.69) is 275 Å². The number of rotatable bonds is 8. The number of fused-ring (bicyclic) bond motifs is 12. The van der Waals surface area contributed by atoms with Crippen molar-refractivity contribution in [1.82, 2.24) is 0 Å². The normalized spacial score (nSPS) is 14.3. The molecule has 0 fully saturated rings. The molecule has 14 aromatic rings. The molecule has 0 aromatic heterocycles. The fourth-order valence-corrected chi connectivity index (χ4v) is 16.3. The number of aliphatic hydroxyl groups is 1. The number of hydrogen-bond donors (Lipinski definition) is 1. The Morgan fingerprint density at radius 3 is 1.23 bits per heavy atom. The lowest BCUT2D eigenvalue weighted by Crippen LogP contribution is -2.29. The number of carbonyl (C=O) groups excluding carboxylic acids is 1. The molecule has 18 rings (SSSR count). The average Bonchev–Trinajstić information content (AvgIpc) is 1.56. The van der Waals surface area contributed by atoms with Crippen molar-refractivity contribution in [2.75, 3.05) is 0 Å². The van der Waals surface area contributed by atoms with Gasteiger partial charge in [0.25, 0.3) is 0 Å². The van der Waals surface area contributed by atoms with Gasteiger partial charge in [-0.25, -0.2) is 0 Å². The molecule has 4 aliphatic rings. The van der Waals surface area contributed by atoms with Gasteiger partial charge in [0.2, 0.25) is 0 Å². The highest BCUT2D eigenvalue weighted by Gasteiger charge is 2.45. The maximum Gasteiger partial charge on any atom is 0.194 e. The van der Waals surface area contributed by atoms with Crippen LogP contribution in [0.4, 0.5) is 0 Å². The molecule has 0 saturated heterocycles. The third-order valence-corrected chi connectivity index (χ3v) is 21.9. The second-order valence-electron chi connectivity index (χ2n) is 25.0. The van der Waals surface area contributed by atoms with Gasteiger partial charge >= 0.3 is 0 Å². The number of alkyl halides is 1. The van der Waals surface area contributed by atoms with Gasteiger partial charge in [-0.3, -0.25) is 4.79 Å². The highest BCUT2D eigenvalue weighted by Crippen LogP contribution is 2.56. The van der Waals surface area contributed by atoms with Crippen LogP contribution in [0.5, 0.6) is 0 Å². The molecule has 4 aliphatic carbocycles. The van der Waals surface area contributed by atoms with Gasteiger partial charge in [-0.1, -0.05) is 439 Å². The molecule has 0 amide bonds. The minimum absolute atomic E-state index is 0.127. The summed E-state index contributed by atoms with van der Waals surface area (Å²) >= 11 is 23.2. The van der Waals surface area contributed by atoms with Crippen molar-refractivity contribution in [3.63, 3.8) is 0 Å². The Hall–Kier alpha value is -9.12. The van der Waals surface area contributed by atoms with Crippen LogP contribution in [0.25, 0.3) is 56.7 Å². The molecule has 3 atom stereocenters. The fourth-order valence-electron chi connectivity index (χ4n) is 14.3. The molecule has 0 spiro atoms. The number of halogens is 6. The second kappa shape index (κ2) is 41.8. The molecule has 0 heterocycles. The summed E-state index contributed by atoms with van der Waals surface area (Å²) in [6.45, 7) is 23.5. The zero-order valence-corrected chi connectivity index (χ0v) is 72.2. The van der Waals surface area contributed by atoms with E-state index < -0.39 is 5.60 Å². The summed E-state index contributed by atoms with van der Waals surface area (Å²) < 4.78 is 5.32. The monoisotopic (exact) mass is 1780 g/mol. The third-order valence-electron chi connectivity index (χ3n) is 19.1. The van der Waals surface area contributed by atoms with E-state index in [0.29, 0.717) is 11.8 Å². The van der Waals surface area contributed by atoms with Crippen LogP contribution >= 0.6 is 91.3 Å². The predicted octanol–water partition coefficient (Wildman–Crippen LogP) is 31.3. The summed E-state index contributed by atoms with van der Waals surface area (Å²) in [4.78, 5) is 12.0. The van der Waals surface area contributed by atoms with E-state index in [1.165, 1.54) is 61.2 Å². The average molecular weight is 1780 g/mol. The highest BCUT2D eigenvalue weighted by molar-refractivity contribution is 9.11. The largest absolute Gasteiger partial charge is 0.376 e. The molecule has 3 unspecified atom stereocenters. The minimum atomic E-state index is -1.09. The first-order chi connectivity index (χ1) is 53.8. The van der Waals surface area contributed by atoms with E-state index in [4.69, 9.17) is 11.6 Å². The summed E-state index contributed by atoms with van der Waals surface area (Å²) in [5.41, 5.74) is 25.8. The van der Waals surface area contributed by atoms with Crippen molar-refractivity contribution in [3.8, 4) is 44.5 Å². The third kappa shape index (κ3) is 19.2. The van der Waals surface area contributed by atoms with Gasteiger partial charge in [-0.05, 0) is 173 Å². The Morgan fingerprint density at radius 2 is 0.700 bits per heavy atom. The zero-order chi connectivity index (χ0) is 78.7. The van der Waals surface area contributed by atoms with Crippen LogP contribution in [0.1, 0.15) is 150 Å². The van der Waals surface area contributed by atoms with Crippen LogP contribution in [0.2, 0.25) is 0 Å². The van der Waals surface area contributed by atoms with Gasteiger partial charge < -0.3 is 5.11 Å². The van der Waals surface area contributed by atoms with Gasteiger partial charge in [0, 0.05) is 56.4 Å². The summed E-state index contributed by atoms with van der Waals surface area (Å²) in [7, 11) is 0. The van der Waals surface area contributed by atoms with Crippen molar-refractivity contribution < 1.29 is 9.90 Å². The van der Waals surface area contributed by atoms with Crippen molar-refractivity contribution in [2.24, 2.45) is 0 Å². The summed E-state index contributed by atoms with van der Waals surface area (Å²) in [6.07, 6.45) is 4.63. The van der Waals surface area contributed by atoms with Crippen molar-refractivity contribution in [1.29, 1.82) is 0 Å². The van der Waals surface area contributed by atoms with Crippen molar-refractivity contribution in [2.45, 2.75) is 84.6 Å². The number of carbonyl (C=O) groups is 1. The Labute approximate surface area is 700 Å². The Balaban J connectivity index is 0.000000155. The standard InChI is InChI=1S/C28H21Br.C19H13BrO.C19H13Br.C13H7BrO.C9H9Cl.C6H5Br.4C2H6/c1-2-20-12-14-21(15-13-20)19-28(22-8-4-3-5-9-22)26-11-7-6-10-24(26)25-17-16-23(29)18-27(25)28;20-14-10-11-16-15-8-4-5-9-17(15)19(21,18(16)12-14)13-6-2-1-3-7-13;20-14-10-11-16-15-8-4-5-9-17(15)19(18(16)12-14)13-6-2-1-3-7-13;14-8-5-6-10-9-3-1-2-4-11(9)13(15)12(10)7-8;1-2-8-3-5-9(7-10)6-4-8;7-6-4-2-1-3-5-6;4*1-2/h2-18H,1,19H2;1-12,21H;1-12,19H;1-7H;2-6H,1,7H2;1-5H;4*1-2H3. The molecule has 1 N–H and O–H groups in total. The molecule has 0 aliphatic heterocycles. The molecule has 0 radical (unpaired) electrons. The smallest absolute Gasteiger partial charge is 0.194 e. The SMILES string of the molecule is Brc1ccc2c(c1)C(c1ccccc1)c1ccccc1-2.Brc1ccccc1.C=Cc1ccc(CC2(c3ccccc3)c3ccccc3-c3ccc(Br)cc32)cc1.C=Cc1ccc(CCl)cc1.CC.CC.CC.CC.O=C1c2ccccc2-c2ccc(Br)cc21.OC1(c2ccccc2)c2ccccc2-c2ccc(Br)cc21. The topological polar surface area (TPSA) is 37.3 Å². The van der Waals surface area contributed by atoms with Crippen LogP contribution in [0.15, 0.2) is 375 Å². The Bertz CT molecular complexity index is 5320. The second-order valence-corrected chi connectivity index (χ2v) is 29.9. The van der Waals surface area contributed by atoms with Crippen molar-refractivity contribution >= 4 is 109 Å². The molecule has 110 heavy (non-hydrogen) atoms. The van der Waals surface area contributed by atoms with E-state index in [1.807, 2.05) is 225 Å². The van der Waals surface area contributed by atoms with E-state index in [9.17, 15) is 9.90 Å². The first-order valence-corrected chi connectivity index (χ1v) is 42.0. The quantitative estimate of drug-likeness (QED) is 0.154. The minimum Gasteiger partial charge on any atom is -0.376 e. The lowest BCUT2D eigenvalue weighted by Gasteiger charge is -2.33. The van der Waals surface area contributed by atoms with Crippen LogP contribution in [0, 0.1) is 0 Å². The lowest BCUT2D eigenvalue weighted by molar-refractivity contribution is 0.104. The van der Waals surface area contributed by atoms with Crippen LogP contribution in [-0.4, -0.2) is 10.9 Å². The van der Waals surface area contributed by atoms with E-state index in [-0.39, 0.29) is 11.2 Å². The fraction of sp³-hybridized carbons (Fsp3) is 0.127. The van der Waals surface area contributed by atoms with Crippen molar-refractivity contribution in [3.05, 3.63) is 459 Å². The summed E-state index contributed by atoms with van der Waals surface area (Å²) in [6, 6.07) is 117. The Morgan fingerprint density at radius 1 is 0.327 bits per heavy atom. The maximum absolute atomic E-state index is 12.0. The zero-order valence-electron chi connectivity index (χ0n) is 63.5. The summed E-state index contributed by atoms with van der Waals surface area (Å²) in [5, 5.41) is 11.6. The molecular formula is C102H92Br5ClO2. The van der Waals surface area contributed by atoms with Gasteiger partial charge in [0.05, 0.1) is 5.41 Å². The first-order valence-electron chi connectivity index (χ1n) is 37.5. The predicted molar refractivity (Wildman–Crippen MR) is 490 cm³/mol. The molecule has 0 bridgehead atoms. The van der Waals surface area contributed by atoms with Crippen LogP contribution in [0.3, 0.4) is 0 Å². The molecule has 0 saturated carbocycles. The maximum atomic E-state index is 12.0. The molecule has 14 aromatic carbocycles. The first kappa shape index (κ1) is 84.9. The van der Waals surface area contributed by atoms with E-state index in [1.54, 1.807) is 0 Å². The van der Waals surface area contributed by atoms with Gasteiger partial charge in [0.1, 0.15) is 5.60 Å². The summed E-state index contributed by atoms with van der Waals surface area (Å²) in [5.74, 6) is 1.05. The van der Waals surface area contributed by atoms with Crippen LogP contribution < -0.4 is 0 Å². The molecule has 554 valence electrons. The van der Waals surface area contributed by atoms with Gasteiger partial charge in [0.15, 0.2) is 5.78 Å². The number of ketones is 1. The Kier molecular flexibility index (Phi) is 32.2. The van der Waals surface area contributed by atoms with Gasteiger partial charge in [-0.2, -0.15) is 0 Å². The molecule has 8 heteroatoms. The van der Waals surface area contributed by atoms with Crippen LogP contribution in [-0.2, 0) is 23.3 Å². The van der Waals surface area contributed by atoms with Gasteiger partial charge in [-0.15, -0.1) is 11.6 Å². The number of hydrogen-bond acceptors (Lipinski definition) is 2. The molecule has 2 nitrogen and oxygen atoms in total. The molecular weight excluding hydrogens is 1690 g/mol. The lowest BCUT2D eigenvalue weighted by atomic mass is 9.68. The van der Waals surface area contributed by atoms with E-state index >= 15 is 0 Å². The highest BCUT2D eigenvalue weighted by atomic mass is 79.9.